The van der Waals surface area contributed by atoms with Gasteiger partial charge < -0.3 is 10.4 Å². The number of hydrogen-bond donors (Lipinski definition) is 2. The number of amides is 1. The summed E-state index contributed by atoms with van der Waals surface area (Å²) in [6.45, 7) is 2.19. The van der Waals surface area contributed by atoms with Crippen molar-refractivity contribution in [1.29, 1.82) is 0 Å². The molecule has 6 heteroatoms. The molecule has 0 bridgehead atoms. The number of carbonyl (C=O) groups is 2. The van der Waals surface area contributed by atoms with Crippen molar-refractivity contribution < 1.29 is 14.7 Å². The van der Waals surface area contributed by atoms with Gasteiger partial charge in [0, 0.05) is 17.3 Å². The fourth-order valence-electron chi connectivity index (χ4n) is 1.70. The van der Waals surface area contributed by atoms with Crippen molar-refractivity contribution in [2.45, 2.75) is 25.5 Å². The number of nitrogens with one attached hydrogen (secondary N) is 1. The number of carboxylic acid groups (broad SMARTS) is 1. The van der Waals surface area contributed by atoms with Crippen LogP contribution in [0.4, 0.5) is 0 Å². The summed E-state index contributed by atoms with van der Waals surface area (Å²) >= 11 is 7.42. The van der Waals surface area contributed by atoms with Gasteiger partial charge in [-0.1, -0.05) is 30.7 Å². The molecule has 0 aliphatic carbocycles. The minimum Gasteiger partial charge on any atom is -0.481 e. The zero-order valence-corrected chi connectivity index (χ0v) is 13.5. The van der Waals surface area contributed by atoms with E-state index in [9.17, 15) is 9.59 Å². The first-order valence-corrected chi connectivity index (χ1v) is 8.34. The van der Waals surface area contributed by atoms with Crippen molar-refractivity contribution in [1.82, 2.24) is 5.32 Å². The third-order valence-electron chi connectivity index (χ3n) is 2.95. The Balaban J connectivity index is 2.10. The minimum absolute atomic E-state index is 0.0231. The van der Waals surface area contributed by atoms with Crippen molar-refractivity contribution in [3.05, 3.63) is 34.9 Å². The molecule has 1 amide bonds. The second-order valence-corrected chi connectivity index (χ2v) is 6.28. The SMILES string of the molecule is CC(CCCNC(=O)CSCc1cccc(Cl)c1)C(=O)O. The zero-order valence-electron chi connectivity index (χ0n) is 12.0. The van der Waals surface area contributed by atoms with E-state index < -0.39 is 5.97 Å². The number of benzene rings is 1. The molecule has 1 aromatic rings. The van der Waals surface area contributed by atoms with E-state index in [1.54, 1.807) is 6.92 Å². The van der Waals surface area contributed by atoms with E-state index in [0.29, 0.717) is 30.2 Å². The second kappa shape index (κ2) is 9.68. The molecule has 0 radical (unpaired) electrons. The van der Waals surface area contributed by atoms with E-state index >= 15 is 0 Å². The summed E-state index contributed by atoms with van der Waals surface area (Å²) in [6.07, 6.45) is 1.25. The average molecular weight is 330 g/mol. The van der Waals surface area contributed by atoms with Gasteiger partial charge in [-0.25, -0.2) is 0 Å². The third-order valence-corrected chi connectivity index (χ3v) is 4.19. The summed E-state index contributed by atoms with van der Waals surface area (Å²) in [5.41, 5.74) is 1.09. The number of hydrogen-bond acceptors (Lipinski definition) is 3. The van der Waals surface area contributed by atoms with E-state index in [4.69, 9.17) is 16.7 Å². The molecular formula is C15H20ClNO3S. The van der Waals surface area contributed by atoms with Crippen molar-refractivity contribution in [3.63, 3.8) is 0 Å². The Kier molecular flexibility index (Phi) is 8.23. The summed E-state index contributed by atoms with van der Waals surface area (Å²) in [4.78, 5) is 22.2. The van der Waals surface area contributed by atoms with Gasteiger partial charge in [-0.05, 0) is 30.5 Å². The maximum atomic E-state index is 11.6. The molecular weight excluding hydrogens is 310 g/mol. The summed E-state index contributed by atoms with van der Waals surface area (Å²) in [7, 11) is 0. The van der Waals surface area contributed by atoms with Gasteiger partial charge in [0.25, 0.3) is 0 Å². The Morgan fingerprint density at radius 2 is 2.19 bits per heavy atom. The summed E-state index contributed by atoms with van der Waals surface area (Å²) in [5, 5.41) is 12.2. The van der Waals surface area contributed by atoms with Crippen molar-refractivity contribution in [2.75, 3.05) is 12.3 Å². The van der Waals surface area contributed by atoms with Crippen LogP contribution in [-0.2, 0) is 15.3 Å². The van der Waals surface area contributed by atoms with Crippen LogP contribution in [0.1, 0.15) is 25.3 Å². The Labute approximate surface area is 134 Å². The fourth-order valence-corrected chi connectivity index (χ4v) is 2.72. The Morgan fingerprint density at radius 3 is 2.86 bits per heavy atom. The number of aliphatic carboxylic acids is 1. The lowest BCUT2D eigenvalue weighted by Crippen LogP contribution is -2.26. The normalized spacial score (nSPS) is 11.9. The van der Waals surface area contributed by atoms with E-state index in [1.165, 1.54) is 11.8 Å². The monoisotopic (exact) mass is 329 g/mol. The molecule has 116 valence electrons. The first kappa shape index (κ1) is 17.9. The molecule has 0 aliphatic rings. The fraction of sp³-hybridized carbons (Fsp3) is 0.467. The van der Waals surface area contributed by atoms with Gasteiger partial charge in [-0.2, -0.15) is 0 Å². The molecule has 0 aliphatic heterocycles. The molecule has 1 aromatic carbocycles. The zero-order chi connectivity index (χ0) is 15.7. The van der Waals surface area contributed by atoms with Gasteiger partial charge in [0.15, 0.2) is 0 Å². The molecule has 0 spiro atoms. The molecule has 0 saturated carbocycles. The van der Waals surface area contributed by atoms with E-state index in [0.717, 1.165) is 11.3 Å². The van der Waals surface area contributed by atoms with Crippen LogP contribution in [0.25, 0.3) is 0 Å². The van der Waals surface area contributed by atoms with E-state index in [2.05, 4.69) is 5.32 Å². The largest absolute Gasteiger partial charge is 0.481 e. The average Bonchev–Trinajstić information content (AvgIpc) is 2.43. The summed E-state index contributed by atoms with van der Waals surface area (Å²) in [5.74, 6) is -0.0482. The molecule has 1 rings (SSSR count). The van der Waals surface area contributed by atoms with Gasteiger partial charge in [0.1, 0.15) is 0 Å². The van der Waals surface area contributed by atoms with Crippen LogP contribution in [0, 0.1) is 5.92 Å². The van der Waals surface area contributed by atoms with Gasteiger partial charge in [0.2, 0.25) is 5.91 Å². The maximum absolute atomic E-state index is 11.6. The quantitative estimate of drug-likeness (QED) is 0.683. The first-order chi connectivity index (χ1) is 9.99. The van der Waals surface area contributed by atoms with Crippen LogP contribution in [0.15, 0.2) is 24.3 Å². The Morgan fingerprint density at radius 1 is 1.43 bits per heavy atom. The highest BCUT2D eigenvalue weighted by Gasteiger charge is 2.10. The highest BCUT2D eigenvalue weighted by atomic mass is 35.5. The molecule has 0 fully saturated rings. The number of carbonyl (C=O) groups excluding carboxylic acids is 1. The number of rotatable bonds is 9. The van der Waals surface area contributed by atoms with Crippen molar-refractivity contribution >= 4 is 35.2 Å². The molecule has 4 nitrogen and oxygen atoms in total. The summed E-state index contributed by atoms with van der Waals surface area (Å²) in [6, 6.07) is 7.58. The minimum atomic E-state index is -0.793. The number of halogens is 1. The van der Waals surface area contributed by atoms with Crippen molar-refractivity contribution in [2.24, 2.45) is 5.92 Å². The molecule has 21 heavy (non-hydrogen) atoms. The summed E-state index contributed by atoms with van der Waals surface area (Å²) < 4.78 is 0. The van der Waals surface area contributed by atoms with Crippen molar-refractivity contribution in [3.8, 4) is 0 Å². The standard InChI is InChI=1S/C15H20ClNO3S/c1-11(15(19)20)4-3-7-17-14(18)10-21-9-12-5-2-6-13(16)8-12/h2,5-6,8,11H,3-4,7,9-10H2,1H3,(H,17,18)(H,19,20). The van der Waals surface area contributed by atoms with Gasteiger partial charge >= 0.3 is 5.97 Å². The second-order valence-electron chi connectivity index (χ2n) is 4.85. The van der Waals surface area contributed by atoms with Gasteiger partial charge in [-0.15, -0.1) is 11.8 Å². The smallest absolute Gasteiger partial charge is 0.306 e. The molecule has 1 unspecified atom stereocenters. The lowest BCUT2D eigenvalue weighted by molar-refractivity contribution is -0.141. The lowest BCUT2D eigenvalue weighted by atomic mass is 10.1. The van der Waals surface area contributed by atoms with Crippen LogP contribution < -0.4 is 5.32 Å². The molecule has 0 aromatic heterocycles. The highest BCUT2D eigenvalue weighted by Crippen LogP contribution is 2.16. The van der Waals surface area contributed by atoms with Crippen LogP contribution in [0.2, 0.25) is 5.02 Å². The first-order valence-electron chi connectivity index (χ1n) is 6.80. The topological polar surface area (TPSA) is 66.4 Å². The van der Waals surface area contributed by atoms with Crippen LogP contribution in [0.3, 0.4) is 0 Å². The molecule has 1 atom stereocenters. The lowest BCUT2D eigenvalue weighted by Gasteiger charge is -2.07. The number of carboxylic acids is 1. The van der Waals surface area contributed by atoms with Crippen LogP contribution >= 0.6 is 23.4 Å². The number of thioether (sulfide) groups is 1. The van der Waals surface area contributed by atoms with Crippen LogP contribution in [0.5, 0.6) is 0 Å². The Bertz CT molecular complexity index is 482. The molecule has 2 N–H and O–H groups in total. The molecule has 0 saturated heterocycles. The van der Waals surface area contributed by atoms with Crippen LogP contribution in [-0.4, -0.2) is 29.3 Å². The van der Waals surface area contributed by atoms with Gasteiger partial charge in [0.05, 0.1) is 11.7 Å². The Hall–Kier alpha value is -1.20. The van der Waals surface area contributed by atoms with E-state index in [-0.39, 0.29) is 11.8 Å². The van der Waals surface area contributed by atoms with E-state index in [1.807, 2.05) is 24.3 Å². The maximum Gasteiger partial charge on any atom is 0.306 e. The predicted molar refractivity (Wildman–Crippen MR) is 86.7 cm³/mol. The predicted octanol–water partition coefficient (Wildman–Crippen LogP) is 3.19. The van der Waals surface area contributed by atoms with Gasteiger partial charge in [-0.3, -0.25) is 9.59 Å². The third kappa shape index (κ3) is 7.97. The highest BCUT2D eigenvalue weighted by molar-refractivity contribution is 7.99. The molecule has 0 heterocycles.